The number of benzene rings is 2. The molecule has 0 bridgehead atoms. The number of carbonyl (C=O) groups excluding carboxylic acids is 3. The lowest BCUT2D eigenvalue weighted by atomic mass is 10.0. The van der Waals surface area contributed by atoms with E-state index in [0.717, 1.165) is 16.7 Å². The number of ether oxygens (including phenoxy) is 1. The summed E-state index contributed by atoms with van der Waals surface area (Å²) in [6.07, 6.45) is 1.89. The third-order valence-corrected chi connectivity index (χ3v) is 7.21. The van der Waals surface area contributed by atoms with Crippen molar-refractivity contribution in [3.8, 4) is 0 Å². The number of hydrogen-bond donors (Lipinski definition) is 1. The zero-order valence-electron chi connectivity index (χ0n) is 16.9. The van der Waals surface area contributed by atoms with Crippen molar-refractivity contribution in [2.24, 2.45) is 0 Å². The molecule has 2 atom stereocenters. The number of nitrogens with zero attached hydrogens (tertiary/aromatic N) is 1. The lowest BCUT2D eigenvalue weighted by molar-refractivity contribution is -0.154. The fraction of sp³-hybridized carbons (Fsp3) is 0.261. The summed E-state index contributed by atoms with van der Waals surface area (Å²) < 4.78 is 6.04. The van der Waals surface area contributed by atoms with E-state index in [9.17, 15) is 14.4 Å². The number of esters is 1. The average molecular weight is 455 g/mol. The number of rotatable bonds is 8. The Bertz CT molecular complexity index is 958. The molecule has 4 rings (SSSR count). The predicted octanol–water partition coefficient (Wildman–Crippen LogP) is 2.97. The maximum Gasteiger partial charge on any atom is 0.356 e. The number of fused-ring (bicyclic) bond motifs is 1. The van der Waals surface area contributed by atoms with Crippen LogP contribution in [0.3, 0.4) is 0 Å². The van der Waals surface area contributed by atoms with E-state index in [0.29, 0.717) is 23.6 Å². The van der Waals surface area contributed by atoms with Gasteiger partial charge >= 0.3 is 5.97 Å². The normalized spacial score (nSPS) is 20.2. The molecule has 2 aliphatic heterocycles. The van der Waals surface area contributed by atoms with Crippen molar-refractivity contribution >= 4 is 41.8 Å². The Morgan fingerprint density at radius 2 is 1.81 bits per heavy atom. The molecule has 6 nitrogen and oxygen atoms in total. The number of carbonyl (C=O) groups is 3. The maximum absolute atomic E-state index is 13.5. The molecule has 2 aliphatic rings. The molecule has 0 unspecified atom stereocenters. The predicted molar refractivity (Wildman–Crippen MR) is 122 cm³/mol. The molecule has 31 heavy (non-hydrogen) atoms. The number of hydrogen-bond acceptors (Lipinski definition) is 6. The van der Waals surface area contributed by atoms with Gasteiger partial charge in [0.2, 0.25) is 6.41 Å². The SMILES string of the molecule is CSCC1=C(C(=O)OC(c2ccccc2)c2ccccc2)N2C(=O)[C@@H](NC=O)[C@H]2SC1. The van der Waals surface area contributed by atoms with E-state index >= 15 is 0 Å². The summed E-state index contributed by atoms with van der Waals surface area (Å²) in [7, 11) is 0. The van der Waals surface area contributed by atoms with Crippen molar-refractivity contribution in [2.75, 3.05) is 17.8 Å². The van der Waals surface area contributed by atoms with Crippen LogP contribution >= 0.6 is 23.5 Å². The first kappa shape index (κ1) is 21.5. The molecule has 2 amide bonds. The van der Waals surface area contributed by atoms with Crippen LogP contribution in [0.4, 0.5) is 0 Å². The van der Waals surface area contributed by atoms with Gasteiger partial charge in [-0.3, -0.25) is 14.5 Å². The molecule has 0 spiro atoms. The van der Waals surface area contributed by atoms with Gasteiger partial charge in [-0.1, -0.05) is 60.7 Å². The molecule has 160 valence electrons. The minimum absolute atomic E-state index is 0.286. The van der Waals surface area contributed by atoms with Crippen molar-refractivity contribution < 1.29 is 19.1 Å². The monoisotopic (exact) mass is 454 g/mol. The van der Waals surface area contributed by atoms with Crippen LogP contribution in [0, 0.1) is 0 Å². The van der Waals surface area contributed by atoms with Crippen molar-refractivity contribution in [3.63, 3.8) is 0 Å². The summed E-state index contributed by atoms with van der Waals surface area (Å²) in [6.45, 7) is 0. The molecule has 0 saturated carbocycles. The first-order valence-corrected chi connectivity index (χ1v) is 12.3. The largest absolute Gasteiger partial charge is 0.448 e. The van der Waals surface area contributed by atoms with Crippen molar-refractivity contribution in [1.82, 2.24) is 10.2 Å². The van der Waals surface area contributed by atoms with Gasteiger partial charge in [0.05, 0.1) is 0 Å². The zero-order chi connectivity index (χ0) is 21.8. The second kappa shape index (κ2) is 9.62. The number of thioether (sulfide) groups is 2. The summed E-state index contributed by atoms with van der Waals surface area (Å²) in [5.41, 5.74) is 2.89. The van der Waals surface area contributed by atoms with Gasteiger partial charge in [-0.15, -0.1) is 11.8 Å². The Balaban J connectivity index is 1.66. The summed E-state index contributed by atoms with van der Waals surface area (Å²) >= 11 is 3.14. The summed E-state index contributed by atoms with van der Waals surface area (Å²) in [4.78, 5) is 38.5. The van der Waals surface area contributed by atoms with Crippen LogP contribution in [0.2, 0.25) is 0 Å². The zero-order valence-corrected chi connectivity index (χ0v) is 18.5. The Kier molecular flexibility index (Phi) is 6.67. The molecule has 8 heteroatoms. The van der Waals surface area contributed by atoms with Crippen LogP contribution in [-0.4, -0.2) is 52.4 Å². The highest BCUT2D eigenvalue weighted by atomic mass is 32.2. The van der Waals surface area contributed by atoms with E-state index in [4.69, 9.17) is 4.74 Å². The minimum Gasteiger partial charge on any atom is -0.448 e. The van der Waals surface area contributed by atoms with Gasteiger partial charge < -0.3 is 10.1 Å². The second-order valence-electron chi connectivity index (χ2n) is 7.16. The minimum atomic E-state index is -0.611. The lowest BCUT2D eigenvalue weighted by Crippen LogP contribution is -2.69. The van der Waals surface area contributed by atoms with Crippen LogP contribution in [0.25, 0.3) is 0 Å². The molecule has 1 N–H and O–H groups in total. The second-order valence-corrected chi connectivity index (χ2v) is 9.13. The van der Waals surface area contributed by atoms with Crippen LogP contribution < -0.4 is 5.32 Å². The van der Waals surface area contributed by atoms with Gasteiger partial charge in [0.1, 0.15) is 17.1 Å². The van der Waals surface area contributed by atoms with Crippen LogP contribution in [0.5, 0.6) is 0 Å². The van der Waals surface area contributed by atoms with Crippen LogP contribution in [-0.2, 0) is 19.1 Å². The highest BCUT2D eigenvalue weighted by Crippen LogP contribution is 2.42. The third-order valence-electron chi connectivity index (χ3n) is 5.24. The topological polar surface area (TPSA) is 75.7 Å². The summed E-state index contributed by atoms with van der Waals surface area (Å²) in [6, 6.07) is 18.5. The van der Waals surface area contributed by atoms with Gasteiger partial charge in [-0.25, -0.2) is 4.79 Å². The van der Waals surface area contributed by atoms with E-state index in [1.54, 1.807) is 23.5 Å². The number of β-lactam (4-membered cyclic amide) rings is 1. The Hall–Kier alpha value is -2.71. The maximum atomic E-state index is 13.5. The van der Waals surface area contributed by atoms with Crippen LogP contribution in [0.1, 0.15) is 17.2 Å². The van der Waals surface area contributed by atoms with Gasteiger partial charge in [0.15, 0.2) is 6.10 Å². The Morgan fingerprint density at radius 1 is 1.19 bits per heavy atom. The number of nitrogens with one attached hydrogen (secondary N) is 1. The molecule has 1 fully saturated rings. The molecule has 0 aromatic heterocycles. The van der Waals surface area contributed by atoms with Crippen molar-refractivity contribution in [1.29, 1.82) is 0 Å². The van der Waals surface area contributed by atoms with E-state index in [1.165, 1.54) is 4.90 Å². The van der Waals surface area contributed by atoms with Crippen molar-refractivity contribution in [2.45, 2.75) is 17.5 Å². The molecule has 2 heterocycles. The Morgan fingerprint density at radius 3 is 2.35 bits per heavy atom. The van der Waals surface area contributed by atoms with Gasteiger partial charge in [-0.2, -0.15) is 11.8 Å². The molecule has 0 radical (unpaired) electrons. The lowest BCUT2D eigenvalue weighted by Gasteiger charge is -2.49. The van der Waals surface area contributed by atoms with Gasteiger partial charge in [0.25, 0.3) is 5.91 Å². The standard InChI is InChI=1S/C23H22N2O4S2/c1-30-12-17-13-31-22-18(24-14-26)21(27)25(22)19(17)23(28)29-20(15-8-4-2-5-9-15)16-10-6-3-7-11-16/h2-11,14,18,20,22H,12-13H2,1H3,(H,24,26)/t18-,22-/m1/s1. The summed E-state index contributed by atoms with van der Waals surface area (Å²) in [5, 5.41) is 2.26. The molecule has 2 aromatic rings. The summed E-state index contributed by atoms with van der Waals surface area (Å²) in [5.74, 6) is 0.426. The van der Waals surface area contributed by atoms with E-state index in [-0.39, 0.29) is 11.3 Å². The first-order valence-electron chi connectivity index (χ1n) is 9.82. The molecule has 1 saturated heterocycles. The fourth-order valence-corrected chi connectivity index (χ4v) is 5.87. The third kappa shape index (κ3) is 4.22. The highest BCUT2D eigenvalue weighted by molar-refractivity contribution is 8.00. The average Bonchev–Trinajstić information content (AvgIpc) is 2.81. The van der Waals surface area contributed by atoms with Gasteiger partial charge in [0, 0.05) is 11.5 Å². The van der Waals surface area contributed by atoms with Crippen molar-refractivity contribution in [3.05, 3.63) is 83.1 Å². The first-order chi connectivity index (χ1) is 15.2. The fourth-order valence-electron chi connectivity index (χ4n) is 3.80. The highest BCUT2D eigenvalue weighted by Gasteiger charge is 2.53. The Labute approximate surface area is 189 Å². The smallest absolute Gasteiger partial charge is 0.356 e. The van der Waals surface area contributed by atoms with Crippen LogP contribution in [0.15, 0.2) is 71.9 Å². The molecular formula is C23H22N2O4S2. The quantitative estimate of drug-likeness (QED) is 0.376. The molecule has 0 aliphatic carbocycles. The van der Waals surface area contributed by atoms with E-state index in [2.05, 4.69) is 5.32 Å². The molecular weight excluding hydrogens is 432 g/mol. The number of amides is 2. The van der Waals surface area contributed by atoms with Gasteiger partial charge in [-0.05, 0) is 23.0 Å². The molecule has 2 aromatic carbocycles. The van der Waals surface area contributed by atoms with E-state index in [1.807, 2.05) is 66.9 Å². The van der Waals surface area contributed by atoms with E-state index < -0.39 is 18.1 Å².